The number of halogens is 1. The third-order valence-corrected chi connectivity index (χ3v) is 6.03. The number of ether oxygens (including phenoxy) is 1. The molecule has 5 nitrogen and oxygen atoms in total. The van der Waals surface area contributed by atoms with E-state index in [1.165, 1.54) is 0 Å². The van der Waals surface area contributed by atoms with Gasteiger partial charge in [-0.15, -0.1) is 0 Å². The minimum atomic E-state index is 0.0222. The van der Waals surface area contributed by atoms with Crippen molar-refractivity contribution in [2.45, 2.75) is 51.6 Å². The maximum absolute atomic E-state index is 13.1. The highest BCUT2D eigenvalue weighted by Crippen LogP contribution is 2.38. The molecule has 6 heteroatoms. The Kier molecular flexibility index (Phi) is 4.70. The minimum absolute atomic E-state index is 0.0222. The monoisotopic (exact) mass is 375 g/mol. The quantitative estimate of drug-likeness (QED) is 0.821. The second-order valence-corrected chi connectivity index (χ2v) is 8.33. The van der Waals surface area contributed by atoms with Crippen molar-refractivity contribution in [2.75, 3.05) is 20.2 Å². The predicted octanol–water partition coefficient (Wildman–Crippen LogP) is 3.67. The Bertz CT molecular complexity index is 893. The molecule has 2 aliphatic rings. The normalized spacial score (nSPS) is 23.1. The van der Waals surface area contributed by atoms with Crippen LogP contribution in [0.15, 0.2) is 16.9 Å². The van der Waals surface area contributed by atoms with Gasteiger partial charge >= 0.3 is 0 Å². The zero-order chi connectivity index (χ0) is 18.4. The number of aromatic nitrogens is 2. The van der Waals surface area contributed by atoms with Crippen LogP contribution >= 0.6 is 11.6 Å². The van der Waals surface area contributed by atoms with Crippen molar-refractivity contribution < 1.29 is 4.74 Å². The van der Waals surface area contributed by atoms with Crippen molar-refractivity contribution in [1.82, 2.24) is 14.5 Å². The maximum Gasteiger partial charge on any atom is 0.261 e. The summed E-state index contributed by atoms with van der Waals surface area (Å²) in [5, 5.41) is 1.03. The number of benzene rings is 1. The van der Waals surface area contributed by atoms with Crippen molar-refractivity contribution in [3.05, 3.63) is 33.3 Å². The van der Waals surface area contributed by atoms with Crippen molar-refractivity contribution in [1.29, 1.82) is 0 Å². The Morgan fingerprint density at radius 3 is 2.85 bits per heavy atom. The molecule has 2 aromatic rings. The minimum Gasteiger partial charge on any atom is -0.495 e. The molecule has 0 N–H and O–H groups in total. The molecule has 1 fully saturated rings. The molecule has 0 saturated carbocycles. The van der Waals surface area contributed by atoms with Gasteiger partial charge in [-0.3, -0.25) is 14.3 Å². The third-order valence-electron chi connectivity index (χ3n) is 5.73. The SMILES string of the molecule is COc1cc2nc3n(c(=O)c2cc1Cl)CC[C@@H]1[C@@H]3CCCN1CC(C)C. The van der Waals surface area contributed by atoms with Crippen LogP contribution in [-0.2, 0) is 6.54 Å². The molecule has 0 radical (unpaired) electrons. The van der Waals surface area contributed by atoms with E-state index in [1.54, 1.807) is 19.2 Å². The lowest BCUT2D eigenvalue weighted by Gasteiger charge is -2.45. The van der Waals surface area contributed by atoms with Crippen LogP contribution in [0, 0.1) is 5.92 Å². The Labute approximate surface area is 158 Å². The van der Waals surface area contributed by atoms with Crippen LogP contribution in [0.5, 0.6) is 5.75 Å². The van der Waals surface area contributed by atoms with E-state index in [0.29, 0.717) is 39.6 Å². The molecular weight excluding hydrogens is 350 g/mol. The van der Waals surface area contributed by atoms with E-state index in [1.807, 2.05) is 4.57 Å². The molecule has 2 atom stereocenters. The van der Waals surface area contributed by atoms with Crippen molar-refractivity contribution >= 4 is 22.5 Å². The number of hydrogen-bond donors (Lipinski definition) is 0. The standard InChI is InChI=1S/C20H26ClN3O2/c1-12(2)11-23-7-4-5-13-17(23)6-8-24-19(13)22-16-10-18(26-3)15(21)9-14(16)20(24)25/h9-10,12-13,17H,4-8,11H2,1-3H3/t13-,17+/m0/s1. The zero-order valence-electron chi connectivity index (χ0n) is 15.7. The van der Waals surface area contributed by atoms with E-state index in [-0.39, 0.29) is 5.56 Å². The van der Waals surface area contributed by atoms with Crippen molar-refractivity contribution in [3.63, 3.8) is 0 Å². The van der Waals surface area contributed by atoms with Gasteiger partial charge in [0.15, 0.2) is 0 Å². The average Bonchev–Trinajstić information content (AvgIpc) is 2.62. The Hall–Kier alpha value is -1.59. The second-order valence-electron chi connectivity index (χ2n) is 7.92. The van der Waals surface area contributed by atoms with Crippen LogP contribution in [0.4, 0.5) is 0 Å². The van der Waals surface area contributed by atoms with Gasteiger partial charge in [0.05, 0.1) is 23.0 Å². The molecule has 0 amide bonds. The van der Waals surface area contributed by atoms with E-state index in [0.717, 1.165) is 44.7 Å². The predicted molar refractivity (Wildman–Crippen MR) is 104 cm³/mol. The Morgan fingerprint density at radius 1 is 1.31 bits per heavy atom. The maximum atomic E-state index is 13.1. The summed E-state index contributed by atoms with van der Waals surface area (Å²) in [7, 11) is 1.58. The molecule has 2 aliphatic heterocycles. The topological polar surface area (TPSA) is 47.4 Å². The molecule has 0 aliphatic carbocycles. The molecule has 0 spiro atoms. The smallest absolute Gasteiger partial charge is 0.261 e. The highest BCUT2D eigenvalue weighted by molar-refractivity contribution is 6.32. The van der Waals surface area contributed by atoms with Gasteiger partial charge in [-0.2, -0.15) is 0 Å². The van der Waals surface area contributed by atoms with Crippen LogP contribution in [0.3, 0.4) is 0 Å². The summed E-state index contributed by atoms with van der Waals surface area (Å²) in [6.07, 6.45) is 3.27. The van der Waals surface area contributed by atoms with E-state index in [2.05, 4.69) is 18.7 Å². The summed E-state index contributed by atoms with van der Waals surface area (Å²) >= 11 is 6.23. The van der Waals surface area contributed by atoms with E-state index >= 15 is 0 Å². The summed E-state index contributed by atoms with van der Waals surface area (Å²) in [4.78, 5) is 20.6. The summed E-state index contributed by atoms with van der Waals surface area (Å²) < 4.78 is 7.20. The summed E-state index contributed by atoms with van der Waals surface area (Å²) in [6, 6.07) is 3.97. The first-order chi connectivity index (χ1) is 12.5. The van der Waals surface area contributed by atoms with Crippen LogP contribution in [0.1, 0.15) is 44.9 Å². The highest BCUT2D eigenvalue weighted by Gasteiger charge is 2.38. The molecule has 1 aromatic carbocycles. The van der Waals surface area contributed by atoms with Crippen LogP contribution in [-0.4, -0.2) is 40.7 Å². The summed E-state index contributed by atoms with van der Waals surface area (Å²) in [5.74, 6) is 2.48. The van der Waals surface area contributed by atoms with Crippen LogP contribution < -0.4 is 10.3 Å². The van der Waals surface area contributed by atoms with Gasteiger partial charge in [0.2, 0.25) is 0 Å². The van der Waals surface area contributed by atoms with Crippen molar-refractivity contribution in [3.8, 4) is 5.75 Å². The number of fused-ring (bicyclic) bond motifs is 4. The molecular formula is C20H26ClN3O2. The van der Waals surface area contributed by atoms with Gasteiger partial charge in [0.25, 0.3) is 5.56 Å². The fraction of sp³-hybridized carbons (Fsp3) is 0.600. The average molecular weight is 376 g/mol. The van der Waals surface area contributed by atoms with E-state index < -0.39 is 0 Å². The summed E-state index contributed by atoms with van der Waals surface area (Å²) in [6.45, 7) is 7.54. The number of piperidine rings is 1. The first kappa shape index (κ1) is 17.8. The van der Waals surface area contributed by atoms with Gasteiger partial charge in [0.1, 0.15) is 11.6 Å². The fourth-order valence-electron chi connectivity index (χ4n) is 4.66. The molecule has 1 saturated heterocycles. The molecule has 0 unspecified atom stereocenters. The Morgan fingerprint density at radius 2 is 2.12 bits per heavy atom. The Balaban J connectivity index is 1.82. The molecule has 0 bridgehead atoms. The molecule has 1 aromatic heterocycles. The molecule has 140 valence electrons. The third kappa shape index (κ3) is 2.91. The second kappa shape index (κ2) is 6.86. The van der Waals surface area contributed by atoms with Crippen LogP contribution in [0.2, 0.25) is 5.02 Å². The van der Waals surface area contributed by atoms with E-state index in [4.69, 9.17) is 21.3 Å². The van der Waals surface area contributed by atoms with Gasteiger partial charge in [-0.1, -0.05) is 25.4 Å². The number of methoxy groups -OCH3 is 1. The molecule has 3 heterocycles. The lowest BCUT2D eigenvalue weighted by molar-refractivity contribution is 0.0845. The fourth-order valence-corrected chi connectivity index (χ4v) is 4.91. The van der Waals surface area contributed by atoms with E-state index in [9.17, 15) is 4.79 Å². The van der Waals surface area contributed by atoms with Gasteiger partial charge < -0.3 is 4.74 Å². The lowest BCUT2D eigenvalue weighted by Crippen LogP contribution is -2.50. The first-order valence-electron chi connectivity index (χ1n) is 9.51. The summed E-state index contributed by atoms with van der Waals surface area (Å²) in [5.41, 5.74) is 0.707. The lowest BCUT2D eigenvalue weighted by atomic mass is 9.83. The molecule has 26 heavy (non-hydrogen) atoms. The number of nitrogens with zero attached hydrogens (tertiary/aromatic N) is 3. The highest BCUT2D eigenvalue weighted by atomic mass is 35.5. The zero-order valence-corrected chi connectivity index (χ0v) is 16.4. The van der Waals surface area contributed by atoms with Gasteiger partial charge in [0, 0.05) is 31.1 Å². The van der Waals surface area contributed by atoms with Crippen molar-refractivity contribution in [2.24, 2.45) is 5.92 Å². The first-order valence-corrected chi connectivity index (χ1v) is 9.89. The molecule has 4 rings (SSSR count). The number of likely N-dealkylation sites (tertiary alicyclic amines) is 1. The van der Waals surface area contributed by atoms with Crippen LogP contribution in [0.25, 0.3) is 10.9 Å². The number of rotatable bonds is 3. The van der Waals surface area contributed by atoms with Gasteiger partial charge in [-0.25, -0.2) is 4.98 Å². The largest absolute Gasteiger partial charge is 0.495 e. The van der Waals surface area contributed by atoms with Gasteiger partial charge in [-0.05, 0) is 37.8 Å². The number of hydrogen-bond acceptors (Lipinski definition) is 4.